The van der Waals surface area contributed by atoms with Crippen molar-refractivity contribution in [2.75, 3.05) is 19.8 Å². The molecule has 350 valence electrons. The van der Waals surface area contributed by atoms with Crippen molar-refractivity contribution in [1.29, 1.82) is 0 Å². The van der Waals surface area contributed by atoms with Gasteiger partial charge in [-0.1, -0.05) is 38.8 Å². The zero-order valence-electron chi connectivity index (χ0n) is 36.7. The van der Waals surface area contributed by atoms with Crippen molar-refractivity contribution in [2.45, 2.75) is 158 Å². The Labute approximate surface area is 371 Å². The third kappa shape index (κ3) is 9.24. The number of nitrogens with one attached hydrogen (secondary N) is 3. The van der Waals surface area contributed by atoms with Gasteiger partial charge in [0, 0.05) is 36.1 Å². The molecule has 2 aliphatic carbocycles. The van der Waals surface area contributed by atoms with Gasteiger partial charge in [-0.15, -0.1) is 0 Å². The molecule has 0 radical (unpaired) electrons. The van der Waals surface area contributed by atoms with Crippen molar-refractivity contribution in [2.24, 2.45) is 11.8 Å². The molecule has 2 aromatic rings. The van der Waals surface area contributed by atoms with Crippen LogP contribution in [0.25, 0.3) is 10.9 Å². The summed E-state index contributed by atoms with van der Waals surface area (Å²) in [6, 6.07) is 2.16. The molecule has 8 rings (SSSR count). The van der Waals surface area contributed by atoms with Crippen LogP contribution in [0.15, 0.2) is 30.4 Å². The number of nitrogens with zero attached hydrogens (tertiary/aromatic N) is 2. The SMILES string of the molecule is CC(C)[C@H](C)OC(=O)N[C@H]1CCCCC/C=C\[C@@H]2C[C@@]2(C(=O)NS(=O)(=O)C2(C)CC2)NC(=O)[C@@H]2C[C@]3(CCc4c(c(C(F)(F)F)nc5ccc(OC6CCOCC6)cc45)O3)CN2C1=O. The highest BCUT2D eigenvalue weighted by Gasteiger charge is 2.64. The lowest BCUT2D eigenvalue weighted by atomic mass is 9.87. The van der Waals surface area contributed by atoms with Crippen LogP contribution in [-0.4, -0.2) is 102 Å². The van der Waals surface area contributed by atoms with E-state index < -0.39 is 91.5 Å². The lowest BCUT2D eigenvalue weighted by Gasteiger charge is -2.37. The molecule has 6 aliphatic rings. The van der Waals surface area contributed by atoms with E-state index >= 15 is 0 Å². The zero-order chi connectivity index (χ0) is 45.8. The molecule has 2 saturated carbocycles. The summed E-state index contributed by atoms with van der Waals surface area (Å²) in [4.78, 5) is 62.2. The van der Waals surface area contributed by atoms with Gasteiger partial charge in [0.1, 0.15) is 41.2 Å². The average Bonchev–Trinajstić information content (AvgIpc) is 4.13. The summed E-state index contributed by atoms with van der Waals surface area (Å²) in [6.07, 6.45) is 1.94. The van der Waals surface area contributed by atoms with Gasteiger partial charge in [-0.3, -0.25) is 19.1 Å². The van der Waals surface area contributed by atoms with Crippen LogP contribution in [0.2, 0.25) is 0 Å². The van der Waals surface area contributed by atoms with Crippen molar-refractivity contribution >= 4 is 44.7 Å². The number of rotatable bonds is 8. The molecule has 15 nitrogen and oxygen atoms in total. The van der Waals surface area contributed by atoms with Gasteiger partial charge in [-0.05, 0) is 89.3 Å². The number of fused-ring (bicyclic) bond motifs is 5. The van der Waals surface area contributed by atoms with Crippen LogP contribution in [0.1, 0.15) is 116 Å². The number of alkyl halides is 3. The Bertz CT molecular complexity index is 2320. The number of carbonyl (C=O) groups is 4. The number of benzene rings is 1. The number of aromatic nitrogens is 1. The van der Waals surface area contributed by atoms with E-state index in [0.717, 1.165) is 0 Å². The highest BCUT2D eigenvalue weighted by Crippen LogP contribution is 2.51. The molecule has 1 aromatic carbocycles. The molecule has 2 saturated heterocycles. The third-order valence-electron chi connectivity index (χ3n) is 14.0. The molecule has 19 heteroatoms. The molecule has 3 N–H and O–H groups in total. The topological polar surface area (TPSA) is 192 Å². The number of carbonyl (C=O) groups excluding carboxylic acids is 4. The summed E-state index contributed by atoms with van der Waals surface area (Å²) in [5.41, 5.74) is -4.11. The first-order valence-corrected chi connectivity index (χ1v) is 24.0. The normalized spacial score (nSPS) is 29.5. The third-order valence-corrected chi connectivity index (χ3v) is 16.2. The Morgan fingerprint density at radius 3 is 2.48 bits per heavy atom. The lowest BCUT2D eigenvalue weighted by Crippen LogP contribution is -2.58. The Morgan fingerprint density at radius 1 is 1.03 bits per heavy atom. The van der Waals surface area contributed by atoms with Gasteiger partial charge in [-0.25, -0.2) is 18.2 Å². The van der Waals surface area contributed by atoms with E-state index in [2.05, 4.69) is 20.3 Å². The summed E-state index contributed by atoms with van der Waals surface area (Å²) in [7, 11) is -4.10. The highest BCUT2D eigenvalue weighted by molar-refractivity contribution is 7.91. The minimum absolute atomic E-state index is 0.0301. The fraction of sp³-hybridized carbons (Fsp3) is 0.667. The quantitative estimate of drug-likeness (QED) is 0.263. The first-order valence-electron chi connectivity index (χ1n) is 22.5. The molecular formula is C45H58F3N5O10S. The molecule has 0 unspecified atom stereocenters. The van der Waals surface area contributed by atoms with Crippen LogP contribution < -0.4 is 24.8 Å². The number of halogens is 3. The molecule has 4 aliphatic heterocycles. The fourth-order valence-electron chi connectivity index (χ4n) is 9.24. The van der Waals surface area contributed by atoms with E-state index in [1.165, 1.54) is 17.9 Å². The standard InChI is InChI=1S/C45H58F3N5O10S/c1-26(2)27(3)61-41(57)50-34-11-9-7-5-6-8-10-28-23-44(28,40(56)52-64(58,59)42(4)18-19-42)51-38(54)35-24-43(25-53(35)39(34)55)17-14-31-32-22-30(62-29-15-20-60-21-16-29)12-13-33(32)49-37(36(31)63-43)45(46,47)48/h8,10,12-13,22,26-29,34-35H,5-7,9,11,14-21,23-25H2,1-4H3,(H,50,57)(H,51,54)(H,52,56)/b10-8-/t27-,28+,34-,35-,43+,44+/m0/s1. The van der Waals surface area contributed by atoms with Gasteiger partial charge < -0.3 is 34.5 Å². The molecule has 6 atom stereocenters. The van der Waals surface area contributed by atoms with Crippen LogP contribution >= 0.6 is 0 Å². The molecule has 4 fully saturated rings. The summed E-state index contributed by atoms with van der Waals surface area (Å²) in [6.45, 7) is 7.73. The number of allylic oxidation sites excluding steroid dienone is 1. The maximum Gasteiger partial charge on any atom is 0.437 e. The van der Waals surface area contributed by atoms with Gasteiger partial charge in [0.15, 0.2) is 11.4 Å². The smallest absolute Gasteiger partial charge is 0.437 e. The van der Waals surface area contributed by atoms with Gasteiger partial charge in [-0.2, -0.15) is 13.2 Å². The van der Waals surface area contributed by atoms with Gasteiger partial charge in [0.05, 0.1) is 30.0 Å². The van der Waals surface area contributed by atoms with Gasteiger partial charge in [0.25, 0.3) is 5.91 Å². The van der Waals surface area contributed by atoms with Crippen LogP contribution in [0.4, 0.5) is 18.0 Å². The number of sulfonamides is 1. The minimum atomic E-state index is -4.95. The van der Waals surface area contributed by atoms with E-state index in [-0.39, 0.29) is 61.8 Å². The summed E-state index contributed by atoms with van der Waals surface area (Å²) >= 11 is 0. The monoisotopic (exact) mass is 917 g/mol. The van der Waals surface area contributed by atoms with Crippen molar-refractivity contribution in [3.05, 3.63) is 41.6 Å². The zero-order valence-corrected chi connectivity index (χ0v) is 37.5. The molecule has 1 aromatic heterocycles. The van der Waals surface area contributed by atoms with Crippen molar-refractivity contribution in [3.8, 4) is 11.5 Å². The highest BCUT2D eigenvalue weighted by atomic mass is 32.2. The number of aryl methyl sites for hydroxylation is 1. The van der Waals surface area contributed by atoms with Gasteiger partial charge in [0.2, 0.25) is 21.8 Å². The predicted molar refractivity (Wildman–Crippen MR) is 227 cm³/mol. The molecule has 5 heterocycles. The van der Waals surface area contributed by atoms with E-state index in [0.29, 0.717) is 75.7 Å². The number of hydrogen-bond donors (Lipinski definition) is 3. The maximum absolute atomic E-state index is 15.0. The second-order valence-electron chi connectivity index (χ2n) is 19.1. The minimum Gasteiger partial charge on any atom is -0.490 e. The summed E-state index contributed by atoms with van der Waals surface area (Å²) in [5, 5.41) is 5.94. The molecule has 64 heavy (non-hydrogen) atoms. The first kappa shape index (κ1) is 45.9. The van der Waals surface area contributed by atoms with Crippen LogP contribution in [0, 0.1) is 11.8 Å². The van der Waals surface area contributed by atoms with Crippen molar-refractivity contribution < 1.29 is 59.7 Å². The number of ether oxygens (including phenoxy) is 4. The Hall–Kier alpha value is -4.65. The van der Waals surface area contributed by atoms with E-state index in [1.54, 1.807) is 25.1 Å². The average molecular weight is 918 g/mol. The first-order chi connectivity index (χ1) is 30.2. The second-order valence-corrected chi connectivity index (χ2v) is 21.3. The molecule has 0 bridgehead atoms. The summed E-state index contributed by atoms with van der Waals surface area (Å²) in [5.74, 6) is -3.04. The Balaban J connectivity index is 1.15. The van der Waals surface area contributed by atoms with E-state index in [1.807, 2.05) is 19.9 Å². The second kappa shape index (κ2) is 17.3. The summed E-state index contributed by atoms with van der Waals surface area (Å²) < 4.78 is 96.3. The van der Waals surface area contributed by atoms with E-state index in [4.69, 9.17) is 18.9 Å². The Morgan fingerprint density at radius 2 is 1.78 bits per heavy atom. The fourth-order valence-corrected chi connectivity index (χ4v) is 10.6. The van der Waals surface area contributed by atoms with Gasteiger partial charge >= 0.3 is 12.3 Å². The lowest BCUT2D eigenvalue weighted by molar-refractivity contribution is -0.144. The molecule has 4 amide bonds. The van der Waals surface area contributed by atoms with Crippen molar-refractivity contribution in [3.63, 3.8) is 0 Å². The van der Waals surface area contributed by atoms with Crippen LogP contribution in [-0.2, 0) is 46.5 Å². The largest absolute Gasteiger partial charge is 0.490 e. The van der Waals surface area contributed by atoms with E-state index in [9.17, 15) is 40.8 Å². The molecular weight excluding hydrogens is 860 g/mol. The van der Waals surface area contributed by atoms with Crippen LogP contribution in [0.5, 0.6) is 11.5 Å². The van der Waals surface area contributed by atoms with Crippen molar-refractivity contribution in [1.82, 2.24) is 25.2 Å². The predicted octanol–water partition coefficient (Wildman–Crippen LogP) is 6.01. The number of pyridine rings is 1. The number of amides is 4. The molecule has 1 spiro atoms. The Kier molecular flexibility index (Phi) is 12.4. The number of alkyl carbamates (subject to hydrolysis) is 1. The maximum atomic E-state index is 15.0. The van der Waals surface area contributed by atoms with Crippen LogP contribution in [0.3, 0.4) is 0 Å². The number of hydrogen-bond acceptors (Lipinski definition) is 11.